The molecule has 0 unspecified atom stereocenters. The van der Waals surface area contributed by atoms with Gasteiger partial charge in [0.2, 0.25) is 0 Å². The SMILES string of the molecule is Cc1ccncc1C(=O)Cc1nn(C)c2ccccc12. The molecule has 0 amide bonds. The first kappa shape index (κ1) is 12.5. The van der Waals surface area contributed by atoms with Gasteiger partial charge >= 0.3 is 0 Å². The van der Waals surface area contributed by atoms with E-state index in [2.05, 4.69) is 10.1 Å². The molecule has 0 saturated carbocycles. The zero-order valence-corrected chi connectivity index (χ0v) is 11.5. The summed E-state index contributed by atoms with van der Waals surface area (Å²) >= 11 is 0. The maximum absolute atomic E-state index is 12.4. The molecule has 2 aromatic heterocycles. The summed E-state index contributed by atoms with van der Waals surface area (Å²) in [7, 11) is 1.89. The summed E-state index contributed by atoms with van der Waals surface area (Å²) in [4.78, 5) is 16.4. The van der Waals surface area contributed by atoms with Crippen molar-refractivity contribution in [2.24, 2.45) is 7.05 Å². The van der Waals surface area contributed by atoms with Crippen molar-refractivity contribution in [2.45, 2.75) is 13.3 Å². The fraction of sp³-hybridized carbons (Fsp3) is 0.188. The summed E-state index contributed by atoms with van der Waals surface area (Å²) in [5.41, 5.74) is 3.47. The Morgan fingerprint density at radius 2 is 2.05 bits per heavy atom. The van der Waals surface area contributed by atoms with Crippen LogP contribution in [-0.4, -0.2) is 20.5 Å². The van der Waals surface area contributed by atoms with Gasteiger partial charge in [0.05, 0.1) is 17.6 Å². The number of hydrogen-bond donors (Lipinski definition) is 0. The van der Waals surface area contributed by atoms with Gasteiger partial charge in [-0.3, -0.25) is 14.5 Å². The van der Waals surface area contributed by atoms with Gasteiger partial charge in [0.1, 0.15) is 0 Å². The van der Waals surface area contributed by atoms with E-state index in [1.807, 2.05) is 49.0 Å². The third-order valence-electron chi connectivity index (χ3n) is 3.50. The Labute approximate surface area is 117 Å². The number of pyridine rings is 1. The van der Waals surface area contributed by atoms with Crippen molar-refractivity contribution in [1.29, 1.82) is 0 Å². The number of nitrogens with zero attached hydrogens (tertiary/aromatic N) is 3. The molecule has 0 fully saturated rings. The quantitative estimate of drug-likeness (QED) is 0.684. The Morgan fingerprint density at radius 1 is 1.25 bits per heavy atom. The second-order valence-corrected chi connectivity index (χ2v) is 4.88. The second-order valence-electron chi connectivity index (χ2n) is 4.88. The predicted molar refractivity (Wildman–Crippen MR) is 77.7 cm³/mol. The fourth-order valence-electron chi connectivity index (χ4n) is 2.42. The van der Waals surface area contributed by atoms with E-state index >= 15 is 0 Å². The van der Waals surface area contributed by atoms with E-state index in [-0.39, 0.29) is 5.78 Å². The molecule has 2 heterocycles. The van der Waals surface area contributed by atoms with Crippen LogP contribution in [-0.2, 0) is 13.5 Å². The Morgan fingerprint density at radius 3 is 2.85 bits per heavy atom. The first-order valence-corrected chi connectivity index (χ1v) is 6.51. The van der Waals surface area contributed by atoms with Crippen molar-refractivity contribution >= 4 is 16.7 Å². The van der Waals surface area contributed by atoms with Crippen molar-refractivity contribution in [1.82, 2.24) is 14.8 Å². The molecule has 0 bridgehead atoms. The lowest BCUT2D eigenvalue weighted by Gasteiger charge is -2.02. The molecule has 4 heteroatoms. The molecule has 4 nitrogen and oxygen atoms in total. The number of benzene rings is 1. The number of ketones is 1. The summed E-state index contributed by atoms with van der Waals surface area (Å²) in [5.74, 6) is 0.0550. The van der Waals surface area contributed by atoms with Gasteiger partial charge in [0, 0.05) is 30.4 Å². The van der Waals surface area contributed by atoms with Gasteiger partial charge in [-0.25, -0.2) is 0 Å². The minimum absolute atomic E-state index is 0.0550. The van der Waals surface area contributed by atoms with Crippen LogP contribution >= 0.6 is 0 Å². The molecule has 0 radical (unpaired) electrons. The molecule has 0 aliphatic carbocycles. The number of carbonyl (C=O) groups is 1. The molecule has 100 valence electrons. The summed E-state index contributed by atoms with van der Waals surface area (Å²) < 4.78 is 1.81. The van der Waals surface area contributed by atoms with Crippen molar-refractivity contribution in [3.05, 3.63) is 59.5 Å². The molecule has 0 saturated heterocycles. The summed E-state index contributed by atoms with van der Waals surface area (Å²) in [5, 5.41) is 5.49. The molecule has 1 aromatic carbocycles. The Bertz CT molecular complexity index is 789. The molecular formula is C16H15N3O. The normalized spacial score (nSPS) is 10.9. The molecule has 0 aliphatic rings. The molecule has 20 heavy (non-hydrogen) atoms. The van der Waals surface area contributed by atoms with Crippen molar-refractivity contribution < 1.29 is 4.79 Å². The van der Waals surface area contributed by atoms with E-state index in [4.69, 9.17) is 0 Å². The maximum Gasteiger partial charge on any atom is 0.170 e. The maximum atomic E-state index is 12.4. The lowest BCUT2D eigenvalue weighted by molar-refractivity contribution is 0.0991. The van der Waals surface area contributed by atoms with E-state index in [9.17, 15) is 4.79 Å². The van der Waals surface area contributed by atoms with Gasteiger partial charge in [-0.1, -0.05) is 18.2 Å². The van der Waals surface area contributed by atoms with Crippen molar-refractivity contribution in [3.63, 3.8) is 0 Å². The number of Topliss-reactive ketones (excluding diaryl/α,β-unsaturated/α-hetero) is 1. The fourth-order valence-corrected chi connectivity index (χ4v) is 2.42. The van der Waals surface area contributed by atoms with Crippen LogP contribution in [0.3, 0.4) is 0 Å². The first-order chi connectivity index (χ1) is 9.66. The molecule has 3 rings (SSSR count). The average molecular weight is 265 g/mol. The van der Waals surface area contributed by atoms with Gasteiger partial charge < -0.3 is 0 Å². The van der Waals surface area contributed by atoms with Gasteiger partial charge in [0.15, 0.2) is 5.78 Å². The zero-order chi connectivity index (χ0) is 14.1. The highest BCUT2D eigenvalue weighted by Gasteiger charge is 2.15. The monoisotopic (exact) mass is 265 g/mol. The van der Waals surface area contributed by atoms with Crippen molar-refractivity contribution in [2.75, 3.05) is 0 Å². The topological polar surface area (TPSA) is 47.8 Å². The highest BCUT2D eigenvalue weighted by atomic mass is 16.1. The molecule has 0 aliphatic heterocycles. The number of fused-ring (bicyclic) bond motifs is 1. The van der Waals surface area contributed by atoms with Crippen molar-refractivity contribution in [3.8, 4) is 0 Å². The minimum atomic E-state index is 0.0550. The number of carbonyl (C=O) groups excluding carboxylic acids is 1. The lowest BCUT2D eigenvalue weighted by Crippen LogP contribution is -2.07. The molecule has 0 N–H and O–H groups in total. The Hall–Kier alpha value is -2.49. The van der Waals surface area contributed by atoms with Crippen LogP contribution in [0.25, 0.3) is 10.9 Å². The number of aromatic nitrogens is 3. The lowest BCUT2D eigenvalue weighted by atomic mass is 10.0. The Balaban J connectivity index is 1.98. The van der Waals surface area contributed by atoms with Crippen LogP contribution in [0, 0.1) is 6.92 Å². The summed E-state index contributed by atoms with van der Waals surface area (Å²) in [6.07, 6.45) is 3.62. The third kappa shape index (κ3) is 2.09. The van der Waals surface area contributed by atoms with E-state index < -0.39 is 0 Å². The van der Waals surface area contributed by atoms with Gasteiger partial charge in [-0.05, 0) is 24.6 Å². The van der Waals surface area contributed by atoms with E-state index in [1.54, 1.807) is 12.4 Å². The largest absolute Gasteiger partial charge is 0.294 e. The van der Waals surface area contributed by atoms with Crippen LogP contribution in [0.1, 0.15) is 21.6 Å². The van der Waals surface area contributed by atoms with Crippen LogP contribution in [0.15, 0.2) is 42.7 Å². The van der Waals surface area contributed by atoms with E-state index in [1.165, 1.54) is 0 Å². The summed E-state index contributed by atoms with van der Waals surface area (Å²) in [6.45, 7) is 1.92. The van der Waals surface area contributed by atoms with Gasteiger partial charge in [-0.15, -0.1) is 0 Å². The standard InChI is InChI=1S/C16H15N3O/c1-11-7-8-17-10-13(11)16(20)9-14-12-5-3-4-6-15(12)19(2)18-14/h3-8,10H,9H2,1-2H3. The van der Waals surface area contributed by atoms with E-state index in [0.717, 1.165) is 22.2 Å². The number of hydrogen-bond acceptors (Lipinski definition) is 3. The third-order valence-corrected chi connectivity index (χ3v) is 3.50. The highest BCUT2D eigenvalue weighted by Crippen LogP contribution is 2.19. The van der Waals surface area contributed by atoms with Gasteiger partial charge in [0.25, 0.3) is 0 Å². The predicted octanol–water partition coefficient (Wildman–Crippen LogP) is 2.70. The first-order valence-electron chi connectivity index (χ1n) is 6.51. The van der Waals surface area contributed by atoms with Crippen LogP contribution < -0.4 is 0 Å². The Kier molecular flexibility index (Phi) is 3.06. The average Bonchev–Trinajstić information content (AvgIpc) is 2.76. The number of para-hydroxylation sites is 1. The summed E-state index contributed by atoms with van der Waals surface area (Å²) in [6, 6.07) is 9.80. The molecule has 3 aromatic rings. The van der Waals surface area contributed by atoms with E-state index in [0.29, 0.717) is 12.0 Å². The molecule has 0 atom stereocenters. The van der Waals surface area contributed by atoms with Gasteiger partial charge in [-0.2, -0.15) is 5.10 Å². The van der Waals surface area contributed by atoms with Crippen LogP contribution in [0.4, 0.5) is 0 Å². The minimum Gasteiger partial charge on any atom is -0.294 e. The van der Waals surface area contributed by atoms with Crippen LogP contribution in [0.5, 0.6) is 0 Å². The zero-order valence-electron chi connectivity index (χ0n) is 11.5. The van der Waals surface area contributed by atoms with Crippen LogP contribution in [0.2, 0.25) is 0 Å². The number of aryl methyl sites for hydroxylation is 2. The molecular weight excluding hydrogens is 250 g/mol. The second kappa shape index (κ2) is 4.89. The smallest absolute Gasteiger partial charge is 0.170 e. The number of rotatable bonds is 3. The molecule has 0 spiro atoms. The highest BCUT2D eigenvalue weighted by molar-refractivity contribution is 6.00.